The topological polar surface area (TPSA) is 35.5 Å². The molecule has 3 nitrogen and oxygen atoms in total. The summed E-state index contributed by atoms with van der Waals surface area (Å²) < 4.78 is 10.7. The van der Waals surface area contributed by atoms with Crippen LogP contribution in [0.1, 0.15) is 13.3 Å². The maximum Gasteiger partial charge on any atom is 0.167 e. The Hall–Kier alpha value is -0.670. The van der Waals surface area contributed by atoms with Crippen molar-refractivity contribution in [2.75, 3.05) is 7.11 Å². The minimum absolute atomic E-state index is 0.0195. The lowest BCUT2D eigenvalue weighted by Crippen LogP contribution is -2.50. The molecule has 0 aliphatic carbocycles. The van der Waals surface area contributed by atoms with Gasteiger partial charge in [0.1, 0.15) is 11.7 Å². The Labute approximate surface area is 71.3 Å². The van der Waals surface area contributed by atoms with Crippen LogP contribution in [0.4, 0.5) is 0 Å². The van der Waals surface area contributed by atoms with Crippen LogP contribution in [0, 0.1) is 0 Å². The molecule has 0 saturated carbocycles. The molecule has 0 aromatic carbocycles. The maximum absolute atomic E-state index is 11.4. The van der Waals surface area contributed by atoms with Gasteiger partial charge >= 0.3 is 0 Å². The first-order chi connectivity index (χ1) is 5.65. The van der Waals surface area contributed by atoms with Gasteiger partial charge in [-0.15, -0.1) is 0 Å². The zero-order valence-corrected chi connectivity index (χ0v) is 7.24. The van der Waals surface area contributed by atoms with Gasteiger partial charge in [-0.05, 0) is 6.92 Å². The van der Waals surface area contributed by atoms with Gasteiger partial charge in [-0.25, -0.2) is 0 Å². The molecule has 2 heterocycles. The average molecular weight is 168 g/mol. The summed E-state index contributed by atoms with van der Waals surface area (Å²) in [7, 11) is 1.55. The number of fused-ring (bicyclic) bond motifs is 2. The van der Waals surface area contributed by atoms with E-state index in [1.165, 1.54) is 0 Å². The molecular formula is C9H12O3. The zero-order chi connectivity index (χ0) is 8.77. The van der Waals surface area contributed by atoms with E-state index < -0.39 is 11.7 Å². The Morgan fingerprint density at radius 2 is 2.50 bits per heavy atom. The van der Waals surface area contributed by atoms with Gasteiger partial charge in [0.25, 0.3) is 0 Å². The van der Waals surface area contributed by atoms with E-state index in [4.69, 9.17) is 9.47 Å². The highest BCUT2D eigenvalue weighted by atomic mass is 16.6. The predicted molar refractivity (Wildman–Crippen MR) is 42.8 cm³/mol. The molecule has 0 spiro atoms. The number of rotatable bonds is 1. The minimum Gasteiger partial charge on any atom is -0.370 e. The van der Waals surface area contributed by atoms with Crippen LogP contribution in [-0.4, -0.2) is 30.7 Å². The molecule has 1 saturated heterocycles. The molecule has 2 aliphatic heterocycles. The number of Topliss-reactive ketones (excluding diaryl/α,β-unsaturated/α-hetero) is 1. The summed E-state index contributed by atoms with van der Waals surface area (Å²) in [5, 5.41) is 0. The van der Waals surface area contributed by atoms with E-state index in [1.807, 2.05) is 19.1 Å². The Balaban J connectivity index is 2.31. The molecule has 66 valence electrons. The van der Waals surface area contributed by atoms with Crippen molar-refractivity contribution in [3.8, 4) is 0 Å². The Kier molecular flexibility index (Phi) is 1.59. The second-order valence-electron chi connectivity index (χ2n) is 3.49. The molecule has 3 unspecified atom stereocenters. The van der Waals surface area contributed by atoms with Gasteiger partial charge in [-0.3, -0.25) is 4.79 Å². The summed E-state index contributed by atoms with van der Waals surface area (Å²) in [5.41, 5.74) is -0.519. The van der Waals surface area contributed by atoms with Crippen molar-refractivity contribution in [1.82, 2.24) is 0 Å². The summed E-state index contributed by atoms with van der Waals surface area (Å²) in [4.78, 5) is 11.4. The monoisotopic (exact) mass is 168 g/mol. The molecule has 1 fully saturated rings. The number of carbonyl (C=O) groups is 1. The normalized spacial score (nSPS) is 45.3. The lowest BCUT2D eigenvalue weighted by molar-refractivity contribution is -0.165. The van der Waals surface area contributed by atoms with Gasteiger partial charge in [0.2, 0.25) is 0 Å². The molecule has 0 aromatic rings. The van der Waals surface area contributed by atoms with Gasteiger partial charge in [0, 0.05) is 13.5 Å². The third-order valence-electron chi connectivity index (χ3n) is 2.50. The quantitative estimate of drug-likeness (QED) is 0.540. The van der Waals surface area contributed by atoms with Gasteiger partial charge in [0.05, 0.1) is 6.10 Å². The van der Waals surface area contributed by atoms with E-state index in [1.54, 1.807) is 7.11 Å². The van der Waals surface area contributed by atoms with E-state index in [0.717, 1.165) is 0 Å². The smallest absolute Gasteiger partial charge is 0.167 e. The van der Waals surface area contributed by atoms with Crippen LogP contribution in [0.2, 0.25) is 0 Å². The third-order valence-corrected chi connectivity index (χ3v) is 2.50. The number of ketones is 1. The SMILES string of the molecule is COC1C(=O)CC2C=CC1(C)O2. The molecule has 12 heavy (non-hydrogen) atoms. The van der Waals surface area contributed by atoms with Crippen molar-refractivity contribution in [1.29, 1.82) is 0 Å². The van der Waals surface area contributed by atoms with Crippen molar-refractivity contribution in [3.63, 3.8) is 0 Å². The number of carbonyl (C=O) groups excluding carboxylic acids is 1. The van der Waals surface area contributed by atoms with E-state index in [2.05, 4.69) is 0 Å². The van der Waals surface area contributed by atoms with Crippen molar-refractivity contribution in [3.05, 3.63) is 12.2 Å². The van der Waals surface area contributed by atoms with Gasteiger partial charge in [0.15, 0.2) is 5.78 Å². The molecule has 2 rings (SSSR count). The fourth-order valence-corrected chi connectivity index (χ4v) is 1.95. The fourth-order valence-electron chi connectivity index (χ4n) is 1.95. The second kappa shape index (κ2) is 2.41. The van der Waals surface area contributed by atoms with Crippen molar-refractivity contribution >= 4 is 5.78 Å². The van der Waals surface area contributed by atoms with Gasteiger partial charge in [-0.2, -0.15) is 0 Å². The van der Waals surface area contributed by atoms with Crippen LogP contribution < -0.4 is 0 Å². The van der Waals surface area contributed by atoms with Crippen molar-refractivity contribution in [2.24, 2.45) is 0 Å². The Bertz CT molecular complexity index is 246. The van der Waals surface area contributed by atoms with Crippen LogP contribution in [0.3, 0.4) is 0 Å². The van der Waals surface area contributed by atoms with E-state index in [0.29, 0.717) is 6.42 Å². The molecule has 0 amide bonds. The second-order valence-corrected chi connectivity index (χ2v) is 3.49. The first-order valence-electron chi connectivity index (χ1n) is 4.08. The molecule has 3 atom stereocenters. The van der Waals surface area contributed by atoms with Gasteiger partial charge in [-0.1, -0.05) is 12.2 Å². The molecule has 3 heteroatoms. The predicted octanol–water partition coefficient (Wildman–Crippen LogP) is 0.688. The lowest BCUT2D eigenvalue weighted by atomic mass is 9.93. The van der Waals surface area contributed by atoms with Gasteiger partial charge < -0.3 is 9.47 Å². The first kappa shape index (κ1) is 7.95. The third kappa shape index (κ3) is 0.934. The molecule has 0 N–H and O–H groups in total. The Morgan fingerprint density at radius 1 is 1.75 bits per heavy atom. The summed E-state index contributed by atoms with van der Waals surface area (Å²) in [6.07, 6.45) is 3.87. The Morgan fingerprint density at radius 3 is 3.17 bits per heavy atom. The van der Waals surface area contributed by atoms with E-state index in [-0.39, 0.29) is 11.9 Å². The van der Waals surface area contributed by atoms with E-state index >= 15 is 0 Å². The number of methoxy groups -OCH3 is 1. The zero-order valence-electron chi connectivity index (χ0n) is 7.24. The minimum atomic E-state index is -0.519. The summed E-state index contributed by atoms with van der Waals surface area (Å²) in [6, 6.07) is 0. The standard InChI is InChI=1S/C9H12O3/c1-9-4-3-6(12-9)5-7(10)8(9)11-2/h3-4,6,8H,5H2,1-2H3. The molecule has 0 radical (unpaired) electrons. The fraction of sp³-hybridized carbons (Fsp3) is 0.667. The summed E-state index contributed by atoms with van der Waals surface area (Å²) in [5.74, 6) is 0.140. The van der Waals surface area contributed by atoms with Crippen LogP contribution in [0.15, 0.2) is 12.2 Å². The van der Waals surface area contributed by atoms with E-state index in [9.17, 15) is 4.79 Å². The maximum atomic E-state index is 11.4. The molecule has 2 bridgehead atoms. The highest BCUT2D eigenvalue weighted by Crippen LogP contribution is 2.35. The summed E-state index contributed by atoms with van der Waals surface area (Å²) >= 11 is 0. The molecule has 2 aliphatic rings. The number of ether oxygens (including phenoxy) is 2. The number of hydrogen-bond donors (Lipinski definition) is 0. The lowest BCUT2D eigenvalue weighted by Gasteiger charge is -2.35. The first-order valence-corrected chi connectivity index (χ1v) is 4.08. The largest absolute Gasteiger partial charge is 0.370 e. The summed E-state index contributed by atoms with van der Waals surface area (Å²) in [6.45, 7) is 1.88. The van der Waals surface area contributed by atoms with Crippen molar-refractivity contribution < 1.29 is 14.3 Å². The van der Waals surface area contributed by atoms with Crippen LogP contribution in [0.5, 0.6) is 0 Å². The van der Waals surface area contributed by atoms with Crippen LogP contribution >= 0.6 is 0 Å². The van der Waals surface area contributed by atoms with Crippen molar-refractivity contribution in [2.45, 2.75) is 31.2 Å². The molecular weight excluding hydrogens is 156 g/mol. The number of hydrogen-bond acceptors (Lipinski definition) is 3. The molecule has 0 aromatic heterocycles. The average Bonchev–Trinajstić information content (AvgIpc) is 2.29. The van der Waals surface area contributed by atoms with Crippen LogP contribution in [-0.2, 0) is 14.3 Å². The van der Waals surface area contributed by atoms with Crippen LogP contribution in [0.25, 0.3) is 0 Å². The highest BCUT2D eigenvalue weighted by Gasteiger charge is 2.47. The highest BCUT2D eigenvalue weighted by molar-refractivity contribution is 5.87.